The van der Waals surface area contributed by atoms with Gasteiger partial charge in [0.15, 0.2) is 0 Å². The molecule has 2 aliphatic rings. The van der Waals surface area contributed by atoms with Gasteiger partial charge in [-0.2, -0.15) is 0 Å². The molecule has 1 unspecified atom stereocenters. The third kappa shape index (κ3) is 2.17. The van der Waals surface area contributed by atoms with Gasteiger partial charge in [0.2, 0.25) is 0 Å². The lowest BCUT2D eigenvalue weighted by atomic mass is 9.71. The number of hydrazine groups is 1. The van der Waals surface area contributed by atoms with Gasteiger partial charge in [0.25, 0.3) is 0 Å². The fourth-order valence-electron chi connectivity index (χ4n) is 3.03. The maximum Gasteiger partial charge on any atom is 0.0882 e. The summed E-state index contributed by atoms with van der Waals surface area (Å²) in [5, 5.41) is 0. The molecule has 0 aromatic rings. The van der Waals surface area contributed by atoms with Crippen LogP contribution in [0.4, 0.5) is 0 Å². The van der Waals surface area contributed by atoms with Crippen molar-refractivity contribution in [1.82, 2.24) is 5.43 Å². The molecule has 1 saturated carbocycles. The molecule has 3 nitrogen and oxygen atoms in total. The minimum Gasteiger partial charge on any atom is -0.376 e. The molecule has 0 aromatic heterocycles. The zero-order valence-electron chi connectivity index (χ0n) is 10.3. The molecule has 2 aliphatic carbocycles. The molecule has 2 rings (SSSR count). The predicted octanol–water partition coefficient (Wildman–Crippen LogP) is 2.28. The van der Waals surface area contributed by atoms with E-state index in [-0.39, 0.29) is 11.6 Å². The Morgan fingerprint density at radius 1 is 1.31 bits per heavy atom. The summed E-state index contributed by atoms with van der Waals surface area (Å²) in [7, 11) is 1.82. The van der Waals surface area contributed by atoms with Crippen LogP contribution in [0.2, 0.25) is 0 Å². The first-order chi connectivity index (χ1) is 7.82. The number of hydrogen-bond acceptors (Lipinski definition) is 3. The molecule has 92 valence electrons. The van der Waals surface area contributed by atoms with Crippen molar-refractivity contribution < 1.29 is 4.74 Å². The summed E-state index contributed by atoms with van der Waals surface area (Å²) in [6, 6.07) is 0.226. The highest BCUT2D eigenvalue weighted by atomic mass is 16.5. The second kappa shape index (κ2) is 5.30. The van der Waals surface area contributed by atoms with Gasteiger partial charge in [-0.3, -0.25) is 11.3 Å². The molecule has 0 saturated heterocycles. The average Bonchev–Trinajstić information content (AvgIpc) is 2.51. The van der Waals surface area contributed by atoms with Gasteiger partial charge >= 0.3 is 0 Å². The van der Waals surface area contributed by atoms with Crippen molar-refractivity contribution in [3.63, 3.8) is 0 Å². The summed E-state index contributed by atoms with van der Waals surface area (Å²) in [4.78, 5) is 0. The van der Waals surface area contributed by atoms with Crippen LogP contribution in [0, 0.1) is 0 Å². The van der Waals surface area contributed by atoms with Gasteiger partial charge in [0.1, 0.15) is 0 Å². The van der Waals surface area contributed by atoms with E-state index in [1.165, 1.54) is 44.1 Å². The van der Waals surface area contributed by atoms with E-state index in [9.17, 15) is 0 Å². The maximum absolute atomic E-state index is 5.75. The first-order valence-corrected chi connectivity index (χ1v) is 6.52. The third-order valence-corrected chi connectivity index (χ3v) is 4.25. The fraction of sp³-hybridized carbons (Fsp3) is 0.846. The van der Waals surface area contributed by atoms with Gasteiger partial charge < -0.3 is 4.74 Å². The van der Waals surface area contributed by atoms with Crippen molar-refractivity contribution in [2.75, 3.05) is 7.11 Å². The largest absolute Gasteiger partial charge is 0.376 e. The van der Waals surface area contributed by atoms with E-state index in [4.69, 9.17) is 10.6 Å². The van der Waals surface area contributed by atoms with Crippen LogP contribution < -0.4 is 11.3 Å². The van der Waals surface area contributed by atoms with Crippen molar-refractivity contribution in [1.29, 1.82) is 0 Å². The Balaban J connectivity index is 2.11. The lowest BCUT2D eigenvalue weighted by Crippen LogP contribution is -2.59. The first kappa shape index (κ1) is 12.1. The van der Waals surface area contributed by atoms with Crippen LogP contribution >= 0.6 is 0 Å². The lowest BCUT2D eigenvalue weighted by molar-refractivity contribution is -0.0905. The number of nitrogens with two attached hydrogens (primary N) is 1. The van der Waals surface area contributed by atoms with Crippen molar-refractivity contribution in [3.05, 3.63) is 11.6 Å². The molecule has 0 bridgehead atoms. The summed E-state index contributed by atoms with van der Waals surface area (Å²) in [5.74, 6) is 5.75. The number of rotatable bonds is 4. The molecule has 0 aliphatic heterocycles. The summed E-state index contributed by atoms with van der Waals surface area (Å²) in [6.45, 7) is 0. The zero-order valence-corrected chi connectivity index (χ0v) is 10.3. The highest BCUT2D eigenvalue weighted by Gasteiger charge is 2.45. The number of ether oxygens (including phenoxy) is 1. The minimum atomic E-state index is -0.0229. The van der Waals surface area contributed by atoms with E-state index in [1.54, 1.807) is 0 Å². The topological polar surface area (TPSA) is 47.3 Å². The number of allylic oxidation sites excluding steroid dienone is 1. The minimum absolute atomic E-state index is 0.0229. The molecule has 0 amide bonds. The summed E-state index contributed by atoms with van der Waals surface area (Å²) in [6.07, 6.45) is 12.3. The molecule has 1 atom stereocenters. The summed E-state index contributed by atoms with van der Waals surface area (Å²) in [5.41, 5.74) is 4.45. The Morgan fingerprint density at radius 3 is 2.69 bits per heavy atom. The van der Waals surface area contributed by atoms with E-state index in [2.05, 4.69) is 11.5 Å². The Bertz CT molecular complexity index is 253. The average molecular weight is 224 g/mol. The van der Waals surface area contributed by atoms with E-state index in [0.29, 0.717) is 0 Å². The van der Waals surface area contributed by atoms with Crippen LogP contribution in [0.1, 0.15) is 51.4 Å². The second-order valence-corrected chi connectivity index (χ2v) is 5.10. The third-order valence-electron chi connectivity index (χ3n) is 4.25. The van der Waals surface area contributed by atoms with Crippen LogP contribution in [0.3, 0.4) is 0 Å². The van der Waals surface area contributed by atoms with Crippen molar-refractivity contribution in [2.24, 2.45) is 5.84 Å². The molecule has 0 radical (unpaired) electrons. The van der Waals surface area contributed by atoms with Gasteiger partial charge in [-0.25, -0.2) is 0 Å². The van der Waals surface area contributed by atoms with Crippen LogP contribution in [0.5, 0.6) is 0 Å². The Labute approximate surface area is 98.4 Å². The van der Waals surface area contributed by atoms with Crippen LogP contribution in [0.25, 0.3) is 0 Å². The number of nitrogens with one attached hydrogen (secondary N) is 1. The maximum atomic E-state index is 5.75. The van der Waals surface area contributed by atoms with E-state index >= 15 is 0 Å². The molecule has 16 heavy (non-hydrogen) atoms. The summed E-state index contributed by atoms with van der Waals surface area (Å²) < 4.78 is 5.74. The van der Waals surface area contributed by atoms with E-state index in [1.807, 2.05) is 7.11 Å². The van der Waals surface area contributed by atoms with Gasteiger partial charge in [-0.05, 0) is 44.9 Å². The SMILES string of the molecule is COC1(C(NN)C2=CCCCCC2)CCC1. The van der Waals surface area contributed by atoms with Gasteiger partial charge in [-0.1, -0.05) is 18.1 Å². The van der Waals surface area contributed by atoms with Gasteiger partial charge in [0, 0.05) is 7.11 Å². The van der Waals surface area contributed by atoms with E-state index < -0.39 is 0 Å². The normalized spacial score (nSPS) is 26.5. The van der Waals surface area contributed by atoms with Crippen molar-refractivity contribution in [3.8, 4) is 0 Å². The molecule has 1 fully saturated rings. The standard InChI is InChI=1S/C13H24N2O/c1-16-13(9-6-10-13)12(15-14)11-7-4-2-3-5-8-11/h7,12,15H,2-6,8-10,14H2,1H3. The van der Waals surface area contributed by atoms with Crippen molar-refractivity contribution >= 4 is 0 Å². The Kier molecular flexibility index (Phi) is 4.00. The molecule has 0 aromatic carbocycles. The van der Waals surface area contributed by atoms with Gasteiger partial charge in [-0.15, -0.1) is 0 Å². The molecule has 3 heteroatoms. The number of methoxy groups -OCH3 is 1. The van der Waals surface area contributed by atoms with Crippen LogP contribution in [-0.4, -0.2) is 18.8 Å². The van der Waals surface area contributed by atoms with Crippen LogP contribution in [-0.2, 0) is 4.74 Å². The van der Waals surface area contributed by atoms with E-state index in [0.717, 1.165) is 12.8 Å². The molecular formula is C13H24N2O. The van der Waals surface area contributed by atoms with Crippen LogP contribution in [0.15, 0.2) is 11.6 Å². The fourth-order valence-corrected chi connectivity index (χ4v) is 3.03. The quantitative estimate of drug-likeness (QED) is 0.437. The molecule has 3 N–H and O–H groups in total. The monoisotopic (exact) mass is 224 g/mol. The molecular weight excluding hydrogens is 200 g/mol. The summed E-state index contributed by atoms with van der Waals surface area (Å²) >= 11 is 0. The highest BCUT2D eigenvalue weighted by molar-refractivity contribution is 5.20. The number of hydrogen-bond donors (Lipinski definition) is 2. The Hall–Kier alpha value is -0.380. The van der Waals surface area contributed by atoms with Gasteiger partial charge in [0.05, 0.1) is 11.6 Å². The molecule has 0 heterocycles. The Morgan fingerprint density at radius 2 is 2.12 bits per heavy atom. The zero-order chi connectivity index (χ0) is 11.4. The lowest BCUT2D eigenvalue weighted by Gasteiger charge is -2.47. The second-order valence-electron chi connectivity index (χ2n) is 5.10. The van der Waals surface area contributed by atoms with Crippen molar-refractivity contribution in [2.45, 2.75) is 63.0 Å². The smallest absolute Gasteiger partial charge is 0.0882 e. The highest BCUT2D eigenvalue weighted by Crippen LogP contribution is 2.41. The first-order valence-electron chi connectivity index (χ1n) is 6.52. The molecule has 0 spiro atoms. The predicted molar refractivity (Wildman–Crippen MR) is 65.9 cm³/mol.